The van der Waals surface area contributed by atoms with E-state index in [1.165, 1.54) is 21.1 Å². The molecule has 8 heteroatoms. The number of piperidine rings is 1. The molecule has 0 atom stereocenters. The van der Waals surface area contributed by atoms with Crippen molar-refractivity contribution in [2.75, 3.05) is 51.3 Å². The first-order valence-corrected chi connectivity index (χ1v) is 13.0. The Kier molecular flexibility index (Phi) is 6.95. The quantitative estimate of drug-likeness (QED) is 0.670. The van der Waals surface area contributed by atoms with Crippen molar-refractivity contribution in [3.8, 4) is 5.75 Å². The highest BCUT2D eigenvalue weighted by atomic mass is 32.2. The highest BCUT2D eigenvalue weighted by Gasteiger charge is 2.34. The highest BCUT2D eigenvalue weighted by molar-refractivity contribution is 7.89. The maximum Gasteiger partial charge on any atom is 0.243 e. The van der Waals surface area contributed by atoms with Gasteiger partial charge in [0, 0.05) is 50.9 Å². The zero-order chi connectivity index (χ0) is 23.6. The molecule has 0 radical (unpaired) electrons. The van der Waals surface area contributed by atoms with Gasteiger partial charge in [0.25, 0.3) is 0 Å². The number of carbonyl (C=O) groups excluding carboxylic acids is 1. The van der Waals surface area contributed by atoms with Crippen molar-refractivity contribution in [2.24, 2.45) is 5.92 Å². The van der Waals surface area contributed by atoms with Crippen LogP contribution < -0.4 is 9.64 Å². The molecule has 0 spiro atoms. The first kappa shape index (κ1) is 23.6. The second-order valence-electron chi connectivity index (χ2n) is 8.89. The van der Waals surface area contributed by atoms with Crippen molar-refractivity contribution in [2.45, 2.75) is 31.6 Å². The molecule has 2 aliphatic heterocycles. The van der Waals surface area contributed by atoms with E-state index in [9.17, 15) is 13.2 Å². The van der Waals surface area contributed by atoms with E-state index in [1.54, 1.807) is 31.4 Å². The molecule has 0 saturated carbocycles. The van der Waals surface area contributed by atoms with E-state index in [1.807, 2.05) is 4.90 Å². The molecule has 2 heterocycles. The smallest absolute Gasteiger partial charge is 0.243 e. The Labute approximate surface area is 197 Å². The van der Waals surface area contributed by atoms with Gasteiger partial charge in [0.2, 0.25) is 15.9 Å². The van der Waals surface area contributed by atoms with Crippen LogP contribution in [0.25, 0.3) is 0 Å². The number of rotatable bonds is 5. The fourth-order valence-electron chi connectivity index (χ4n) is 4.74. The Bertz CT molecular complexity index is 1090. The zero-order valence-electron chi connectivity index (χ0n) is 19.7. The van der Waals surface area contributed by atoms with Gasteiger partial charge in [-0.1, -0.05) is 12.1 Å². The largest absolute Gasteiger partial charge is 0.497 e. The lowest BCUT2D eigenvalue weighted by Gasteiger charge is -2.39. The third kappa shape index (κ3) is 4.87. The van der Waals surface area contributed by atoms with Gasteiger partial charge in [0.15, 0.2) is 0 Å². The summed E-state index contributed by atoms with van der Waals surface area (Å²) in [6.45, 7) is 8.06. The zero-order valence-corrected chi connectivity index (χ0v) is 20.5. The normalized spacial score (nSPS) is 18.4. The summed E-state index contributed by atoms with van der Waals surface area (Å²) in [6, 6.07) is 12.8. The fraction of sp³-hybridized carbons (Fsp3) is 0.480. The molecule has 1 amide bonds. The minimum absolute atomic E-state index is 0.112. The lowest BCUT2D eigenvalue weighted by molar-refractivity contribution is -0.137. The van der Waals surface area contributed by atoms with E-state index in [0.717, 1.165) is 13.1 Å². The SMILES string of the molecule is COc1ccc(S(=O)(=O)N2CCC(C(=O)N3CCN(c4cccc(C)c4C)CC3)CC2)cc1. The summed E-state index contributed by atoms with van der Waals surface area (Å²) in [7, 11) is -2.01. The Balaban J connectivity index is 1.32. The minimum Gasteiger partial charge on any atom is -0.497 e. The molecule has 2 saturated heterocycles. The number of methoxy groups -OCH3 is 1. The van der Waals surface area contributed by atoms with Crippen molar-refractivity contribution in [3.05, 3.63) is 53.6 Å². The number of nitrogens with zero attached hydrogens (tertiary/aromatic N) is 3. The first-order valence-electron chi connectivity index (χ1n) is 11.6. The predicted molar refractivity (Wildman–Crippen MR) is 129 cm³/mol. The maximum absolute atomic E-state index is 13.1. The molecular formula is C25H33N3O4S. The minimum atomic E-state index is -3.56. The van der Waals surface area contributed by atoms with Crippen LogP contribution in [0.5, 0.6) is 5.75 Å². The number of benzene rings is 2. The average Bonchev–Trinajstić information content (AvgIpc) is 2.85. The standard InChI is InChI=1S/C25H33N3O4S/c1-19-5-4-6-24(20(19)2)26-15-17-27(18-16-26)25(29)21-11-13-28(14-12-21)33(30,31)23-9-7-22(32-3)8-10-23/h4-10,21H,11-18H2,1-3H3. The molecule has 33 heavy (non-hydrogen) atoms. The monoisotopic (exact) mass is 471 g/mol. The van der Waals surface area contributed by atoms with E-state index >= 15 is 0 Å². The number of amides is 1. The summed E-state index contributed by atoms with van der Waals surface area (Å²) in [5, 5.41) is 0. The molecule has 178 valence electrons. The molecule has 2 aromatic carbocycles. The number of anilines is 1. The fourth-order valence-corrected chi connectivity index (χ4v) is 6.21. The molecule has 4 rings (SSSR count). The van der Waals surface area contributed by atoms with Crippen molar-refractivity contribution in [1.82, 2.24) is 9.21 Å². The number of aryl methyl sites for hydroxylation is 1. The molecule has 2 fully saturated rings. The van der Waals surface area contributed by atoms with Gasteiger partial charge in [-0.2, -0.15) is 4.31 Å². The van der Waals surface area contributed by atoms with Crippen LogP contribution in [0.2, 0.25) is 0 Å². The van der Waals surface area contributed by atoms with Gasteiger partial charge in [-0.25, -0.2) is 8.42 Å². The number of carbonyl (C=O) groups is 1. The van der Waals surface area contributed by atoms with Gasteiger partial charge in [-0.3, -0.25) is 4.79 Å². The molecule has 0 N–H and O–H groups in total. The van der Waals surface area contributed by atoms with Crippen LogP contribution in [0.4, 0.5) is 5.69 Å². The van der Waals surface area contributed by atoms with E-state index in [-0.39, 0.29) is 16.7 Å². The first-order chi connectivity index (χ1) is 15.8. The lowest BCUT2D eigenvalue weighted by atomic mass is 9.96. The van der Waals surface area contributed by atoms with E-state index in [2.05, 4.69) is 36.9 Å². The Morgan fingerprint density at radius 3 is 2.15 bits per heavy atom. The van der Waals surface area contributed by atoms with Crippen LogP contribution in [0, 0.1) is 19.8 Å². The average molecular weight is 472 g/mol. The number of sulfonamides is 1. The van der Waals surface area contributed by atoms with Crippen LogP contribution >= 0.6 is 0 Å². The molecule has 2 aromatic rings. The Morgan fingerprint density at radius 2 is 1.55 bits per heavy atom. The summed E-state index contributed by atoms with van der Waals surface area (Å²) < 4.78 is 32.6. The molecule has 7 nitrogen and oxygen atoms in total. The van der Waals surface area contributed by atoms with Gasteiger partial charge >= 0.3 is 0 Å². The van der Waals surface area contributed by atoms with E-state index in [4.69, 9.17) is 4.74 Å². The van der Waals surface area contributed by atoms with Gasteiger partial charge in [0.05, 0.1) is 12.0 Å². The van der Waals surface area contributed by atoms with Crippen LogP contribution in [0.15, 0.2) is 47.4 Å². The topological polar surface area (TPSA) is 70.2 Å². The summed E-state index contributed by atoms with van der Waals surface area (Å²) in [5.74, 6) is 0.674. The Morgan fingerprint density at radius 1 is 0.909 bits per heavy atom. The van der Waals surface area contributed by atoms with Crippen molar-refractivity contribution in [3.63, 3.8) is 0 Å². The van der Waals surface area contributed by atoms with Crippen LogP contribution in [-0.2, 0) is 14.8 Å². The van der Waals surface area contributed by atoms with Crippen LogP contribution in [0.1, 0.15) is 24.0 Å². The van der Waals surface area contributed by atoms with Gasteiger partial charge in [0.1, 0.15) is 5.75 Å². The summed E-state index contributed by atoms with van der Waals surface area (Å²) in [4.78, 5) is 17.7. The number of ether oxygens (including phenoxy) is 1. The number of hydrogen-bond donors (Lipinski definition) is 0. The number of hydrogen-bond acceptors (Lipinski definition) is 5. The maximum atomic E-state index is 13.1. The molecule has 0 aromatic heterocycles. The van der Waals surface area contributed by atoms with Gasteiger partial charge in [-0.15, -0.1) is 0 Å². The van der Waals surface area contributed by atoms with Crippen molar-refractivity contribution < 1.29 is 17.9 Å². The summed E-state index contributed by atoms with van der Waals surface area (Å²) in [6.07, 6.45) is 1.12. The van der Waals surface area contributed by atoms with Crippen molar-refractivity contribution in [1.29, 1.82) is 0 Å². The predicted octanol–water partition coefficient (Wildman–Crippen LogP) is 3.06. The highest BCUT2D eigenvalue weighted by Crippen LogP contribution is 2.28. The molecule has 0 aliphatic carbocycles. The second kappa shape index (κ2) is 9.73. The van der Waals surface area contributed by atoms with Crippen LogP contribution in [0.3, 0.4) is 0 Å². The third-order valence-corrected chi connectivity index (χ3v) is 8.92. The van der Waals surface area contributed by atoms with Gasteiger partial charge in [-0.05, 0) is 68.1 Å². The van der Waals surface area contributed by atoms with E-state index < -0.39 is 10.0 Å². The summed E-state index contributed by atoms with van der Waals surface area (Å²) >= 11 is 0. The Hall–Kier alpha value is -2.58. The second-order valence-corrected chi connectivity index (χ2v) is 10.8. The van der Waals surface area contributed by atoms with Crippen LogP contribution in [-0.4, -0.2) is 69.9 Å². The third-order valence-electron chi connectivity index (χ3n) is 7.01. The van der Waals surface area contributed by atoms with Crippen molar-refractivity contribution >= 4 is 21.6 Å². The van der Waals surface area contributed by atoms with E-state index in [0.29, 0.717) is 44.8 Å². The summed E-state index contributed by atoms with van der Waals surface area (Å²) in [5.41, 5.74) is 3.82. The molecule has 2 aliphatic rings. The lowest BCUT2D eigenvalue weighted by Crippen LogP contribution is -2.52. The van der Waals surface area contributed by atoms with Gasteiger partial charge < -0.3 is 14.5 Å². The molecule has 0 unspecified atom stereocenters. The molecular weight excluding hydrogens is 438 g/mol. The number of piperazine rings is 1. The molecule has 0 bridgehead atoms.